The summed E-state index contributed by atoms with van der Waals surface area (Å²) < 4.78 is 27.8. The lowest BCUT2D eigenvalue weighted by Crippen LogP contribution is -2.38. The molecule has 0 fully saturated rings. The van der Waals surface area contributed by atoms with Gasteiger partial charge < -0.3 is 5.32 Å². The molecule has 156 valence electrons. The van der Waals surface area contributed by atoms with Gasteiger partial charge in [0.1, 0.15) is 6.54 Å². The number of carbonyl (C=O) groups excluding carboxylic acids is 1. The Bertz CT molecular complexity index is 1160. The number of sulfonamides is 1. The van der Waals surface area contributed by atoms with E-state index < -0.39 is 15.9 Å². The van der Waals surface area contributed by atoms with Crippen molar-refractivity contribution in [1.29, 1.82) is 0 Å². The molecule has 1 amide bonds. The zero-order chi connectivity index (χ0) is 21.9. The van der Waals surface area contributed by atoms with Crippen molar-refractivity contribution in [2.45, 2.75) is 25.7 Å². The van der Waals surface area contributed by atoms with Crippen molar-refractivity contribution in [3.8, 4) is 0 Å². The van der Waals surface area contributed by atoms with Gasteiger partial charge in [-0.05, 0) is 68.8 Å². The molecule has 3 rings (SSSR count). The topological polar surface area (TPSA) is 66.5 Å². The second kappa shape index (κ2) is 8.90. The van der Waals surface area contributed by atoms with Gasteiger partial charge in [0.15, 0.2) is 0 Å². The normalized spacial score (nSPS) is 11.2. The van der Waals surface area contributed by atoms with E-state index in [1.807, 2.05) is 51.1 Å². The zero-order valence-corrected chi connectivity index (χ0v) is 18.6. The van der Waals surface area contributed by atoms with Crippen molar-refractivity contribution in [2.75, 3.05) is 16.2 Å². The molecule has 0 aliphatic rings. The molecule has 0 saturated carbocycles. The van der Waals surface area contributed by atoms with Crippen molar-refractivity contribution in [3.63, 3.8) is 0 Å². The van der Waals surface area contributed by atoms with Gasteiger partial charge in [0.25, 0.3) is 10.0 Å². The summed E-state index contributed by atoms with van der Waals surface area (Å²) in [4.78, 5) is 12.9. The maximum Gasteiger partial charge on any atom is 0.264 e. The minimum Gasteiger partial charge on any atom is -0.324 e. The fourth-order valence-corrected chi connectivity index (χ4v) is 4.58. The summed E-state index contributed by atoms with van der Waals surface area (Å²) in [5.74, 6) is -0.430. The molecule has 0 aromatic heterocycles. The van der Waals surface area contributed by atoms with Crippen molar-refractivity contribution in [2.24, 2.45) is 0 Å². The summed E-state index contributed by atoms with van der Waals surface area (Å²) in [5, 5.41) is 3.25. The van der Waals surface area contributed by atoms with Crippen molar-refractivity contribution in [3.05, 3.63) is 88.4 Å². The summed E-state index contributed by atoms with van der Waals surface area (Å²) in [5.41, 5.74) is 4.04. The van der Waals surface area contributed by atoms with Gasteiger partial charge >= 0.3 is 0 Å². The van der Waals surface area contributed by atoms with Crippen LogP contribution in [0.3, 0.4) is 0 Å². The van der Waals surface area contributed by atoms with Crippen LogP contribution in [0.15, 0.2) is 71.6 Å². The molecule has 0 spiro atoms. The Morgan fingerprint density at radius 2 is 1.50 bits per heavy atom. The molecule has 0 heterocycles. The predicted molar refractivity (Wildman–Crippen MR) is 122 cm³/mol. The summed E-state index contributed by atoms with van der Waals surface area (Å²) >= 11 is 5.90. The summed E-state index contributed by atoms with van der Waals surface area (Å²) in [7, 11) is -3.97. The van der Waals surface area contributed by atoms with E-state index in [1.165, 1.54) is 24.3 Å². The number of nitrogens with zero attached hydrogens (tertiary/aromatic N) is 1. The Morgan fingerprint density at radius 3 is 2.10 bits per heavy atom. The highest BCUT2D eigenvalue weighted by molar-refractivity contribution is 7.92. The van der Waals surface area contributed by atoms with E-state index in [-0.39, 0.29) is 11.4 Å². The largest absolute Gasteiger partial charge is 0.324 e. The number of nitrogens with one attached hydrogen (secondary N) is 1. The number of carbonyl (C=O) groups is 1. The maximum atomic E-state index is 13.3. The maximum absolute atomic E-state index is 13.3. The van der Waals surface area contributed by atoms with Crippen LogP contribution in [0.1, 0.15) is 16.7 Å². The van der Waals surface area contributed by atoms with Gasteiger partial charge in [0.05, 0.1) is 10.6 Å². The number of hydrogen-bond donors (Lipinski definition) is 1. The Hall–Kier alpha value is -2.83. The molecule has 0 radical (unpaired) electrons. The number of amides is 1. The summed E-state index contributed by atoms with van der Waals surface area (Å²) in [6.07, 6.45) is 0. The molecule has 30 heavy (non-hydrogen) atoms. The molecule has 5 nitrogen and oxygen atoms in total. The van der Waals surface area contributed by atoms with E-state index in [4.69, 9.17) is 11.6 Å². The standard InChI is InChI=1S/C23H23ClN2O3S/c1-16-4-9-20(10-5-16)26(30(28,29)21-11-7-19(24)8-12-21)15-23(27)25-22-13-6-17(2)14-18(22)3/h4-14H,15H2,1-3H3,(H,25,27). The van der Waals surface area contributed by atoms with Gasteiger partial charge in [-0.15, -0.1) is 0 Å². The van der Waals surface area contributed by atoms with E-state index in [9.17, 15) is 13.2 Å². The molecular formula is C23H23ClN2O3S. The van der Waals surface area contributed by atoms with Crippen LogP contribution >= 0.6 is 11.6 Å². The monoisotopic (exact) mass is 442 g/mol. The van der Waals surface area contributed by atoms with Crippen LogP contribution in [0, 0.1) is 20.8 Å². The van der Waals surface area contributed by atoms with E-state index in [0.717, 1.165) is 21.0 Å². The molecule has 1 N–H and O–H groups in total. The van der Waals surface area contributed by atoms with E-state index >= 15 is 0 Å². The number of hydrogen-bond acceptors (Lipinski definition) is 3. The number of benzene rings is 3. The Balaban J connectivity index is 1.94. The van der Waals surface area contributed by atoms with Crippen LogP contribution < -0.4 is 9.62 Å². The molecule has 0 aliphatic carbocycles. The number of halogens is 1. The highest BCUT2D eigenvalue weighted by Gasteiger charge is 2.27. The van der Waals surface area contributed by atoms with Crippen molar-refractivity contribution in [1.82, 2.24) is 0 Å². The Morgan fingerprint density at radius 1 is 0.900 bits per heavy atom. The molecule has 0 atom stereocenters. The van der Waals surface area contributed by atoms with Crippen LogP contribution in [0.5, 0.6) is 0 Å². The fraction of sp³-hybridized carbons (Fsp3) is 0.174. The van der Waals surface area contributed by atoms with Gasteiger partial charge in [0, 0.05) is 10.7 Å². The second-order valence-corrected chi connectivity index (χ2v) is 9.47. The third kappa shape index (κ3) is 5.01. The van der Waals surface area contributed by atoms with Gasteiger partial charge in [-0.1, -0.05) is 47.0 Å². The summed E-state index contributed by atoms with van der Waals surface area (Å²) in [6.45, 7) is 5.41. The van der Waals surface area contributed by atoms with Crippen molar-refractivity contribution < 1.29 is 13.2 Å². The fourth-order valence-electron chi connectivity index (χ4n) is 3.03. The Kier molecular flexibility index (Phi) is 6.48. The highest BCUT2D eigenvalue weighted by atomic mass is 35.5. The molecule has 0 aliphatic heterocycles. The van der Waals surface area contributed by atoms with Gasteiger partial charge in [-0.2, -0.15) is 0 Å². The molecule has 0 saturated heterocycles. The average molecular weight is 443 g/mol. The minimum absolute atomic E-state index is 0.0618. The molecule has 0 unspecified atom stereocenters. The first-order chi connectivity index (χ1) is 14.2. The van der Waals surface area contributed by atoms with Crippen LogP contribution in [0.4, 0.5) is 11.4 Å². The van der Waals surface area contributed by atoms with Gasteiger partial charge in [-0.25, -0.2) is 8.42 Å². The number of aryl methyl sites for hydroxylation is 3. The van der Waals surface area contributed by atoms with Crippen LogP contribution in [-0.2, 0) is 14.8 Å². The lowest BCUT2D eigenvalue weighted by Gasteiger charge is -2.24. The quantitative estimate of drug-likeness (QED) is 0.577. The lowest BCUT2D eigenvalue weighted by atomic mass is 10.1. The van der Waals surface area contributed by atoms with Crippen LogP contribution in [0.25, 0.3) is 0 Å². The molecule has 3 aromatic carbocycles. The first-order valence-corrected chi connectivity index (χ1v) is 11.2. The van der Waals surface area contributed by atoms with Gasteiger partial charge in [0.2, 0.25) is 5.91 Å². The van der Waals surface area contributed by atoms with E-state index in [2.05, 4.69) is 5.32 Å². The Labute approximate surface area is 182 Å². The summed E-state index contributed by atoms with van der Waals surface area (Å²) in [6, 6.07) is 18.5. The molecule has 3 aromatic rings. The van der Waals surface area contributed by atoms with Crippen LogP contribution in [0.2, 0.25) is 5.02 Å². The highest BCUT2D eigenvalue weighted by Crippen LogP contribution is 2.25. The predicted octanol–water partition coefficient (Wildman–Crippen LogP) is 5.10. The smallest absolute Gasteiger partial charge is 0.264 e. The average Bonchev–Trinajstić information content (AvgIpc) is 2.69. The third-order valence-corrected chi connectivity index (χ3v) is 6.71. The second-order valence-electron chi connectivity index (χ2n) is 7.17. The van der Waals surface area contributed by atoms with Crippen LogP contribution in [-0.4, -0.2) is 20.9 Å². The number of rotatable bonds is 6. The third-order valence-electron chi connectivity index (χ3n) is 4.67. The van der Waals surface area contributed by atoms with E-state index in [0.29, 0.717) is 16.4 Å². The van der Waals surface area contributed by atoms with Crippen molar-refractivity contribution >= 4 is 38.9 Å². The van der Waals surface area contributed by atoms with E-state index in [1.54, 1.807) is 12.1 Å². The molecule has 7 heteroatoms. The van der Waals surface area contributed by atoms with Gasteiger partial charge in [-0.3, -0.25) is 9.10 Å². The SMILES string of the molecule is Cc1ccc(N(CC(=O)Nc2ccc(C)cc2C)S(=O)(=O)c2ccc(Cl)cc2)cc1. The molecular weight excluding hydrogens is 420 g/mol. The number of anilines is 2. The zero-order valence-electron chi connectivity index (χ0n) is 17.0. The first kappa shape index (κ1) is 21.9. The first-order valence-electron chi connectivity index (χ1n) is 9.39. The lowest BCUT2D eigenvalue weighted by molar-refractivity contribution is -0.114. The minimum atomic E-state index is -3.97. The molecule has 0 bridgehead atoms.